The molecule has 0 spiro atoms. The number of H-pyrrole nitrogens is 1. The standard InChI is InChI=1S/C9H10N4O/c14-8(9-11-2-3-12-9)1-5-13-6-4-10-7-13/h2-4,6-7H,1,5H2,(H,11,12). The molecule has 2 rings (SSSR count). The molecule has 1 N–H and O–H groups in total. The van der Waals surface area contributed by atoms with Crippen LogP contribution in [0.15, 0.2) is 31.1 Å². The van der Waals surface area contributed by atoms with Gasteiger partial charge in [-0.1, -0.05) is 0 Å². The number of nitrogens with zero attached hydrogens (tertiary/aromatic N) is 3. The highest BCUT2D eigenvalue weighted by Crippen LogP contribution is 1.98. The summed E-state index contributed by atoms with van der Waals surface area (Å²) in [6, 6.07) is 0. The summed E-state index contributed by atoms with van der Waals surface area (Å²) in [7, 11) is 0. The van der Waals surface area contributed by atoms with Gasteiger partial charge in [0, 0.05) is 37.8 Å². The predicted molar refractivity (Wildman–Crippen MR) is 49.8 cm³/mol. The maximum Gasteiger partial charge on any atom is 0.199 e. The van der Waals surface area contributed by atoms with E-state index in [1.54, 1.807) is 24.9 Å². The van der Waals surface area contributed by atoms with E-state index >= 15 is 0 Å². The number of aromatic amines is 1. The van der Waals surface area contributed by atoms with Gasteiger partial charge in [0.25, 0.3) is 0 Å². The minimum absolute atomic E-state index is 0.0173. The number of Topliss-reactive ketones (excluding diaryl/α,β-unsaturated/α-hetero) is 1. The molecule has 0 bridgehead atoms. The number of ketones is 1. The Kier molecular flexibility index (Phi) is 2.40. The van der Waals surface area contributed by atoms with E-state index in [-0.39, 0.29) is 5.78 Å². The lowest BCUT2D eigenvalue weighted by molar-refractivity contribution is 0.0968. The van der Waals surface area contributed by atoms with Gasteiger partial charge >= 0.3 is 0 Å². The van der Waals surface area contributed by atoms with Crippen LogP contribution in [0.1, 0.15) is 17.0 Å². The van der Waals surface area contributed by atoms with Gasteiger partial charge < -0.3 is 9.55 Å². The number of aryl methyl sites for hydroxylation is 1. The van der Waals surface area contributed by atoms with Crippen LogP contribution < -0.4 is 0 Å². The summed E-state index contributed by atoms with van der Waals surface area (Å²) in [4.78, 5) is 22.0. The van der Waals surface area contributed by atoms with Crippen molar-refractivity contribution in [2.75, 3.05) is 0 Å². The van der Waals surface area contributed by atoms with Crippen molar-refractivity contribution in [2.24, 2.45) is 0 Å². The molecule has 5 nitrogen and oxygen atoms in total. The minimum Gasteiger partial charge on any atom is -0.342 e. The van der Waals surface area contributed by atoms with Crippen LogP contribution in [0.4, 0.5) is 0 Å². The Morgan fingerprint density at radius 3 is 3.07 bits per heavy atom. The quantitative estimate of drug-likeness (QED) is 0.728. The summed E-state index contributed by atoms with van der Waals surface area (Å²) < 4.78 is 1.86. The molecule has 0 unspecified atom stereocenters. The van der Waals surface area contributed by atoms with Gasteiger partial charge in [-0.05, 0) is 0 Å². The monoisotopic (exact) mass is 190 g/mol. The molecule has 5 heteroatoms. The highest BCUT2D eigenvalue weighted by molar-refractivity contribution is 5.92. The molecule has 72 valence electrons. The molecular formula is C9H10N4O. The fourth-order valence-corrected chi connectivity index (χ4v) is 1.19. The lowest BCUT2D eigenvalue weighted by atomic mass is 10.3. The summed E-state index contributed by atoms with van der Waals surface area (Å²) >= 11 is 0. The zero-order valence-corrected chi connectivity index (χ0v) is 7.55. The number of nitrogens with one attached hydrogen (secondary N) is 1. The second kappa shape index (κ2) is 3.87. The second-order valence-corrected chi connectivity index (χ2v) is 2.91. The van der Waals surface area contributed by atoms with Gasteiger partial charge in [0.05, 0.1) is 6.33 Å². The number of carbonyl (C=O) groups is 1. The van der Waals surface area contributed by atoms with Crippen molar-refractivity contribution >= 4 is 5.78 Å². The van der Waals surface area contributed by atoms with Crippen LogP contribution in [-0.4, -0.2) is 25.3 Å². The topological polar surface area (TPSA) is 63.6 Å². The number of aromatic nitrogens is 4. The number of hydrogen-bond acceptors (Lipinski definition) is 3. The van der Waals surface area contributed by atoms with Crippen molar-refractivity contribution in [3.63, 3.8) is 0 Å². The van der Waals surface area contributed by atoms with Crippen molar-refractivity contribution in [1.29, 1.82) is 0 Å². The zero-order valence-electron chi connectivity index (χ0n) is 7.55. The molecule has 0 radical (unpaired) electrons. The summed E-state index contributed by atoms with van der Waals surface area (Å²) in [6.45, 7) is 0.638. The van der Waals surface area contributed by atoms with E-state index in [9.17, 15) is 4.79 Å². The number of hydrogen-bond donors (Lipinski definition) is 1. The van der Waals surface area contributed by atoms with Crippen LogP contribution in [0.2, 0.25) is 0 Å². The summed E-state index contributed by atoms with van der Waals surface area (Å²) in [5.74, 6) is 0.439. The predicted octanol–water partition coefficient (Wildman–Crippen LogP) is 0.879. The average molecular weight is 190 g/mol. The van der Waals surface area contributed by atoms with E-state index in [1.807, 2.05) is 10.8 Å². The summed E-state index contributed by atoms with van der Waals surface area (Å²) in [5.41, 5.74) is 0. The Bertz CT molecular complexity index is 390. The molecule has 14 heavy (non-hydrogen) atoms. The summed E-state index contributed by atoms with van der Waals surface area (Å²) in [5, 5.41) is 0. The van der Waals surface area contributed by atoms with Crippen LogP contribution in [0.3, 0.4) is 0 Å². The molecule has 0 saturated heterocycles. The highest BCUT2D eigenvalue weighted by Gasteiger charge is 2.07. The first-order valence-corrected chi connectivity index (χ1v) is 4.34. The van der Waals surface area contributed by atoms with Crippen LogP contribution in [-0.2, 0) is 6.54 Å². The first-order chi connectivity index (χ1) is 6.86. The Labute approximate surface area is 80.8 Å². The molecule has 2 aromatic heterocycles. The van der Waals surface area contributed by atoms with Crippen molar-refractivity contribution in [3.8, 4) is 0 Å². The Hall–Kier alpha value is -1.91. The molecule has 0 aliphatic heterocycles. The van der Waals surface area contributed by atoms with Crippen molar-refractivity contribution in [2.45, 2.75) is 13.0 Å². The van der Waals surface area contributed by atoms with Crippen molar-refractivity contribution in [3.05, 3.63) is 36.9 Å². The molecule has 0 aromatic carbocycles. The Balaban J connectivity index is 1.90. The van der Waals surface area contributed by atoms with Crippen molar-refractivity contribution in [1.82, 2.24) is 19.5 Å². The van der Waals surface area contributed by atoms with Crippen LogP contribution in [0, 0.1) is 0 Å². The first kappa shape index (κ1) is 8.68. The highest BCUT2D eigenvalue weighted by atomic mass is 16.1. The lowest BCUT2D eigenvalue weighted by Gasteiger charge is -1.98. The Morgan fingerprint density at radius 2 is 2.43 bits per heavy atom. The molecule has 0 fully saturated rings. The molecular weight excluding hydrogens is 180 g/mol. The molecule has 2 heterocycles. The van der Waals surface area contributed by atoms with E-state index in [0.29, 0.717) is 18.8 Å². The smallest absolute Gasteiger partial charge is 0.199 e. The normalized spacial score (nSPS) is 10.3. The molecule has 0 amide bonds. The van der Waals surface area contributed by atoms with Gasteiger partial charge in [-0.2, -0.15) is 0 Å². The van der Waals surface area contributed by atoms with E-state index in [2.05, 4.69) is 15.0 Å². The average Bonchev–Trinajstić information content (AvgIpc) is 2.87. The maximum absolute atomic E-state index is 11.5. The fourth-order valence-electron chi connectivity index (χ4n) is 1.19. The third kappa shape index (κ3) is 1.87. The number of rotatable bonds is 4. The lowest BCUT2D eigenvalue weighted by Crippen LogP contribution is -2.06. The minimum atomic E-state index is 0.0173. The molecule has 0 saturated carbocycles. The van der Waals surface area contributed by atoms with E-state index in [0.717, 1.165) is 0 Å². The maximum atomic E-state index is 11.5. The molecule has 0 aliphatic rings. The van der Waals surface area contributed by atoms with Gasteiger partial charge in [0.15, 0.2) is 11.6 Å². The number of carbonyl (C=O) groups excluding carboxylic acids is 1. The number of imidazole rings is 2. The van der Waals surface area contributed by atoms with Gasteiger partial charge in [-0.15, -0.1) is 0 Å². The summed E-state index contributed by atoms with van der Waals surface area (Å²) in [6.07, 6.45) is 8.86. The molecule has 0 aliphatic carbocycles. The second-order valence-electron chi connectivity index (χ2n) is 2.91. The van der Waals surface area contributed by atoms with Gasteiger partial charge in [-0.25, -0.2) is 9.97 Å². The third-order valence-corrected chi connectivity index (χ3v) is 1.92. The van der Waals surface area contributed by atoms with Gasteiger partial charge in [-0.3, -0.25) is 4.79 Å². The molecule has 0 atom stereocenters. The molecule has 2 aromatic rings. The van der Waals surface area contributed by atoms with Gasteiger partial charge in [0.1, 0.15) is 0 Å². The first-order valence-electron chi connectivity index (χ1n) is 4.34. The van der Waals surface area contributed by atoms with E-state index in [4.69, 9.17) is 0 Å². The third-order valence-electron chi connectivity index (χ3n) is 1.92. The van der Waals surface area contributed by atoms with Gasteiger partial charge in [0.2, 0.25) is 0 Å². The van der Waals surface area contributed by atoms with E-state index in [1.165, 1.54) is 0 Å². The zero-order chi connectivity index (χ0) is 9.80. The fraction of sp³-hybridized carbons (Fsp3) is 0.222. The Morgan fingerprint density at radius 1 is 1.50 bits per heavy atom. The van der Waals surface area contributed by atoms with Crippen LogP contribution in [0.25, 0.3) is 0 Å². The van der Waals surface area contributed by atoms with Crippen LogP contribution >= 0.6 is 0 Å². The van der Waals surface area contributed by atoms with E-state index < -0.39 is 0 Å². The van der Waals surface area contributed by atoms with Crippen molar-refractivity contribution < 1.29 is 4.79 Å². The van der Waals surface area contributed by atoms with Crippen LogP contribution in [0.5, 0.6) is 0 Å². The largest absolute Gasteiger partial charge is 0.342 e. The SMILES string of the molecule is O=C(CCn1ccnc1)c1ncc[nH]1.